The van der Waals surface area contributed by atoms with Crippen LogP contribution in [-0.4, -0.2) is 36.1 Å². The Balaban J connectivity index is 2.47. The van der Waals surface area contributed by atoms with E-state index in [0.717, 1.165) is 17.1 Å². The molecule has 5 heteroatoms. The van der Waals surface area contributed by atoms with E-state index in [1.165, 1.54) is 16.7 Å². The quantitative estimate of drug-likeness (QED) is 0.782. The first kappa shape index (κ1) is 14.7. The molecule has 4 nitrogen and oxygen atoms in total. The highest BCUT2D eigenvalue weighted by Gasteiger charge is 2.37. The van der Waals surface area contributed by atoms with Gasteiger partial charge in [-0.15, -0.1) is 11.8 Å². The zero-order valence-corrected chi connectivity index (χ0v) is 12.6. The molecule has 0 unspecified atom stereocenters. The third kappa shape index (κ3) is 2.45. The summed E-state index contributed by atoms with van der Waals surface area (Å²) in [6, 6.07) is 7.22. The largest absolute Gasteiger partial charge is 0.497 e. The molecule has 0 aromatic heterocycles. The molecule has 2 amide bonds. The van der Waals surface area contributed by atoms with Crippen molar-refractivity contribution < 1.29 is 14.3 Å². The molecule has 1 heterocycles. The minimum atomic E-state index is -0.210. The van der Waals surface area contributed by atoms with Gasteiger partial charge in [-0.05, 0) is 30.4 Å². The monoisotopic (exact) mass is 291 g/mol. The molecule has 0 saturated heterocycles. The maximum Gasteiger partial charge on any atom is 0.267 e. The molecule has 0 spiro atoms. The molecule has 0 saturated carbocycles. The fourth-order valence-corrected chi connectivity index (χ4v) is 3.00. The highest BCUT2D eigenvalue weighted by Crippen LogP contribution is 2.36. The lowest BCUT2D eigenvalue weighted by Gasteiger charge is -2.11. The molecule has 0 N–H and O–H groups in total. The lowest BCUT2D eigenvalue weighted by atomic mass is 10.1. The number of rotatable bonds is 5. The van der Waals surface area contributed by atoms with Gasteiger partial charge in [0.2, 0.25) is 0 Å². The normalized spacial score (nSPS) is 15.2. The molecule has 0 radical (unpaired) electrons. The van der Waals surface area contributed by atoms with Crippen LogP contribution in [0.2, 0.25) is 0 Å². The maximum atomic E-state index is 12.4. The number of amides is 2. The molecular weight excluding hydrogens is 274 g/mol. The van der Waals surface area contributed by atoms with Gasteiger partial charge in [-0.1, -0.05) is 19.1 Å². The molecule has 0 atom stereocenters. The Morgan fingerprint density at radius 1 is 1.10 bits per heavy atom. The average molecular weight is 291 g/mol. The molecule has 106 valence electrons. The second-order valence-electron chi connectivity index (χ2n) is 4.22. The number of hydrogen-bond donors (Lipinski definition) is 0. The minimum Gasteiger partial charge on any atom is -0.497 e. The second-order valence-corrected chi connectivity index (χ2v) is 5.49. The van der Waals surface area contributed by atoms with Crippen LogP contribution in [0.4, 0.5) is 0 Å². The molecule has 2 rings (SSSR count). The van der Waals surface area contributed by atoms with E-state index in [4.69, 9.17) is 4.74 Å². The summed E-state index contributed by atoms with van der Waals surface area (Å²) in [6.45, 7) is 4.17. The fourth-order valence-electron chi connectivity index (χ4n) is 2.13. The van der Waals surface area contributed by atoms with Gasteiger partial charge in [-0.2, -0.15) is 0 Å². The van der Waals surface area contributed by atoms with E-state index < -0.39 is 0 Å². The van der Waals surface area contributed by atoms with E-state index in [9.17, 15) is 9.59 Å². The Kier molecular flexibility index (Phi) is 4.49. The minimum absolute atomic E-state index is 0.185. The van der Waals surface area contributed by atoms with Gasteiger partial charge in [-0.3, -0.25) is 14.5 Å². The van der Waals surface area contributed by atoms with Crippen molar-refractivity contribution >= 4 is 29.1 Å². The summed E-state index contributed by atoms with van der Waals surface area (Å²) in [4.78, 5) is 26.5. The molecule has 1 aromatic carbocycles. The molecule has 0 aliphatic carbocycles. The van der Waals surface area contributed by atoms with Crippen LogP contribution < -0.4 is 4.74 Å². The molecular formula is C15H17NO3S. The van der Waals surface area contributed by atoms with E-state index in [1.807, 2.05) is 19.1 Å². The topological polar surface area (TPSA) is 46.6 Å². The molecule has 1 aliphatic rings. The van der Waals surface area contributed by atoms with Crippen LogP contribution in [0.15, 0.2) is 29.2 Å². The van der Waals surface area contributed by atoms with E-state index in [-0.39, 0.29) is 11.8 Å². The van der Waals surface area contributed by atoms with Gasteiger partial charge in [0, 0.05) is 6.54 Å². The van der Waals surface area contributed by atoms with Crippen molar-refractivity contribution in [3.8, 4) is 5.75 Å². The van der Waals surface area contributed by atoms with E-state index in [2.05, 4.69) is 0 Å². The van der Waals surface area contributed by atoms with Gasteiger partial charge >= 0.3 is 0 Å². The van der Waals surface area contributed by atoms with Gasteiger partial charge in [-0.25, -0.2) is 0 Å². The summed E-state index contributed by atoms with van der Waals surface area (Å²) < 4.78 is 5.11. The number of benzene rings is 1. The summed E-state index contributed by atoms with van der Waals surface area (Å²) in [5.74, 6) is 1.09. The van der Waals surface area contributed by atoms with Crippen molar-refractivity contribution in [2.24, 2.45) is 0 Å². The summed E-state index contributed by atoms with van der Waals surface area (Å²) in [6.07, 6.45) is 0. The van der Waals surface area contributed by atoms with Crippen molar-refractivity contribution in [1.29, 1.82) is 0 Å². The Morgan fingerprint density at radius 2 is 1.75 bits per heavy atom. The van der Waals surface area contributed by atoms with Crippen molar-refractivity contribution in [1.82, 2.24) is 4.90 Å². The van der Waals surface area contributed by atoms with E-state index >= 15 is 0 Å². The van der Waals surface area contributed by atoms with Crippen LogP contribution in [0.5, 0.6) is 5.75 Å². The molecule has 0 fully saturated rings. The highest BCUT2D eigenvalue weighted by molar-refractivity contribution is 8.04. The first-order valence-corrected chi connectivity index (χ1v) is 7.50. The SMILES string of the molecule is CCSC1=C(c2ccc(OC)cc2)C(=O)N(CC)C1=O. The van der Waals surface area contributed by atoms with Crippen LogP contribution in [0, 0.1) is 0 Å². The number of nitrogens with zero attached hydrogens (tertiary/aromatic N) is 1. The first-order chi connectivity index (χ1) is 9.63. The van der Waals surface area contributed by atoms with Crippen LogP contribution in [0.1, 0.15) is 19.4 Å². The van der Waals surface area contributed by atoms with E-state index in [1.54, 1.807) is 26.2 Å². The molecule has 20 heavy (non-hydrogen) atoms. The Hall–Kier alpha value is -1.75. The number of carbonyl (C=O) groups is 2. The lowest BCUT2D eigenvalue weighted by molar-refractivity contribution is -0.136. The highest BCUT2D eigenvalue weighted by atomic mass is 32.2. The maximum absolute atomic E-state index is 12.4. The number of thioether (sulfide) groups is 1. The summed E-state index contributed by atoms with van der Waals surface area (Å²) >= 11 is 1.42. The number of methoxy groups -OCH3 is 1. The average Bonchev–Trinajstić information content (AvgIpc) is 2.70. The van der Waals surface area contributed by atoms with Crippen molar-refractivity contribution in [3.05, 3.63) is 34.7 Å². The fraction of sp³-hybridized carbons (Fsp3) is 0.333. The summed E-state index contributed by atoms with van der Waals surface area (Å²) in [7, 11) is 1.59. The van der Waals surface area contributed by atoms with Gasteiger partial charge in [0.05, 0.1) is 17.6 Å². The summed E-state index contributed by atoms with van der Waals surface area (Å²) in [5.41, 5.74) is 1.27. The van der Waals surface area contributed by atoms with Crippen LogP contribution in [0.25, 0.3) is 5.57 Å². The van der Waals surface area contributed by atoms with Crippen LogP contribution >= 0.6 is 11.8 Å². The third-order valence-corrected chi connectivity index (χ3v) is 4.07. The Labute approximate surface area is 122 Å². The van der Waals surface area contributed by atoms with Gasteiger partial charge < -0.3 is 4.74 Å². The molecule has 1 aliphatic heterocycles. The molecule has 1 aromatic rings. The summed E-state index contributed by atoms with van der Waals surface area (Å²) in [5, 5.41) is 0. The van der Waals surface area contributed by atoms with Crippen molar-refractivity contribution in [3.63, 3.8) is 0 Å². The standard InChI is InChI=1S/C15H17NO3S/c1-4-16-14(17)12(13(15(16)18)20-5-2)10-6-8-11(19-3)9-7-10/h6-9H,4-5H2,1-3H3. The first-order valence-electron chi connectivity index (χ1n) is 6.51. The Morgan fingerprint density at radius 3 is 2.25 bits per heavy atom. The predicted octanol–water partition coefficient (Wildman–Crippen LogP) is 2.55. The van der Waals surface area contributed by atoms with Crippen LogP contribution in [-0.2, 0) is 9.59 Å². The number of imide groups is 1. The second kappa shape index (κ2) is 6.13. The molecule has 0 bridgehead atoms. The van der Waals surface area contributed by atoms with Crippen molar-refractivity contribution in [2.45, 2.75) is 13.8 Å². The van der Waals surface area contributed by atoms with Gasteiger partial charge in [0.1, 0.15) is 5.75 Å². The van der Waals surface area contributed by atoms with E-state index in [0.29, 0.717) is 17.0 Å². The zero-order valence-electron chi connectivity index (χ0n) is 11.8. The lowest BCUT2D eigenvalue weighted by Crippen LogP contribution is -2.31. The predicted molar refractivity (Wildman–Crippen MR) is 80.4 cm³/mol. The smallest absolute Gasteiger partial charge is 0.267 e. The number of carbonyl (C=O) groups excluding carboxylic acids is 2. The Bertz CT molecular complexity index is 563. The number of ether oxygens (including phenoxy) is 1. The number of hydrogen-bond acceptors (Lipinski definition) is 4. The van der Waals surface area contributed by atoms with Gasteiger partial charge in [0.25, 0.3) is 11.8 Å². The third-order valence-electron chi connectivity index (χ3n) is 3.11. The number of likely N-dealkylation sites (N-methyl/N-ethyl adjacent to an activating group) is 1. The van der Waals surface area contributed by atoms with Crippen molar-refractivity contribution in [2.75, 3.05) is 19.4 Å². The zero-order chi connectivity index (χ0) is 14.7. The van der Waals surface area contributed by atoms with Crippen LogP contribution in [0.3, 0.4) is 0 Å². The van der Waals surface area contributed by atoms with Gasteiger partial charge in [0.15, 0.2) is 0 Å².